The minimum Gasteiger partial charge on any atom is -0.493 e. The van der Waals surface area contributed by atoms with Crippen molar-refractivity contribution in [3.05, 3.63) is 29.8 Å². The van der Waals surface area contributed by atoms with Gasteiger partial charge in [0.15, 0.2) is 0 Å². The zero-order valence-electron chi connectivity index (χ0n) is 16.2. The Morgan fingerprint density at radius 3 is 2.63 bits per heavy atom. The number of likely N-dealkylation sites (tertiary alicyclic amines) is 2. The molecule has 0 aliphatic carbocycles. The van der Waals surface area contributed by atoms with Crippen LogP contribution >= 0.6 is 0 Å². The molecule has 2 aliphatic heterocycles. The molecule has 1 aromatic rings. The van der Waals surface area contributed by atoms with Gasteiger partial charge in [-0.3, -0.25) is 9.59 Å². The van der Waals surface area contributed by atoms with Gasteiger partial charge in [0.2, 0.25) is 5.91 Å². The molecule has 27 heavy (non-hydrogen) atoms. The number of hydrogen-bond donors (Lipinski definition) is 0. The van der Waals surface area contributed by atoms with Crippen LogP contribution in [-0.2, 0) is 9.53 Å². The summed E-state index contributed by atoms with van der Waals surface area (Å²) in [6.45, 7) is 3.87. The van der Waals surface area contributed by atoms with E-state index in [-0.39, 0.29) is 18.4 Å². The number of ether oxygens (including phenoxy) is 2. The van der Waals surface area contributed by atoms with E-state index in [0.29, 0.717) is 24.6 Å². The third kappa shape index (κ3) is 5.45. The summed E-state index contributed by atoms with van der Waals surface area (Å²) in [5, 5.41) is 0. The Hall–Kier alpha value is -2.08. The normalized spacial score (nSPS) is 20.4. The number of hydrogen-bond acceptors (Lipinski definition) is 4. The SMILES string of the molecule is COCC(=O)N1CCC[C@H](COc2cccc(C(=O)N3CCCCC3)c2)C1. The van der Waals surface area contributed by atoms with Gasteiger partial charge in [0, 0.05) is 44.8 Å². The molecule has 2 fully saturated rings. The van der Waals surface area contributed by atoms with Gasteiger partial charge < -0.3 is 19.3 Å². The molecule has 148 valence electrons. The van der Waals surface area contributed by atoms with Gasteiger partial charge in [-0.1, -0.05) is 6.07 Å². The highest BCUT2D eigenvalue weighted by Crippen LogP contribution is 2.21. The molecule has 3 rings (SSSR count). The van der Waals surface area contributed by atoms with E-state index in [1.165, 1.54) is 6.42 Å². The van der Waals surface area contributed by atoms with E-state index in [1.807, 2.05) is 34.1 Å². The van der Waals surface area contributed by atoms with Crippen LogP contribution in [0.15, 0.2) is 24.3 Å². The van der Waals surface area contributed by atoms with E-state index in [4.69, 9.17) is 9.47 Å². The Balaban J connectivity index is 1.53. The van der Waals surface area contributed by atoms with Crippen molar-refractivity contribution >= 4 is 11.8 Å². The minimum atomic E-state index is 0.0383. The number of rotatable bonds is 6. The summed E-state index contributed by atoms with van der Waals surface area (Å²) >= 11 is 0. The lowest BCUT2D eigenvalue weighted by Gasteiger charge is -2.32. The molecule has 6 heteroatoms. The standard InChI is InChI=1S/C21H30N2O4/c1-26-16-20(24)23-12-6-7-17(14-23)15-27-19-9-5-8-18(13-19)21(25)22-10-3-2-4-11-22/h5,8-9,13,17H,2-4,6-7,10-12,14-16H2,1H3/t17-/m0/s1. The summed E-state index contributed by atoms with van der Waals surface area (Å²) in [4.78, 5) is 28.4. The number of methoxy groups -OCH3 is 1. The van der Waals surface area contributed by atoms with Gasteiger partial charge in [-0.25, -0.2) is 0 Å². The quantitative estimate of drug-likeness (QED) is 0.768. The molecule has 2 heterocycles. The lowest BCUT2D eigenvalue weighted by Crippen LogP contribution is -2.43. The van der Waals surface area contributed by atoms with Gasteiger partial charge in [0.25, 0.3) is 5.91 Å². The summed E-state index contributed by atoms with van der Waals surface area (Å²) in [7, 11) is 1.54. The second-order valence-corrected chi connectivity index (χ2v) is 7.47. The van der Waals surface area contributed by atoms with Crippen LogP contribution in [0.25, 0.3) is 0 Å². The maximum Gasteiger partial charge on any atom is 0.253 e. The average molecular weight is 374 g/mol. The van der Waals surface area contributed by atoms with Crippen LogP contribution in [0.1, 0.15) is 42.5 Å². The van der Waals surface area contributed by atoms with Crippen molar-refractivity contribution in [1.29, 1.82) is 0 Å². The first-order valence-electron chi connectivity index (χ1n) is 9.96. The van der Waals surface area contributed by atoms with Crippen LogP contribution in [0.3, 0.4) is 0 Å². The van der Waals surface area contributed by atoms with Gasteiger partial charge in [-0.2, -0.15) is 0 Å². The summed E-state index contributed by atoms with van der Waals surface area (Å²) in [6, 6.07) is 7.47. The number of piperidine rings is 2. The smallest absolute Gasteiger partial charge is 0.253 e. The van der Waals surface area contributed by atoms with E-state index in [9.17, 15) is 9.59 Å². The van der Waals surface area contributed by atoms with Gasteiger partial charge in [0.1, 0.15) is 12.4 Å². The van der Waals surface area contributed by atoms with Crippen LogP contribution in [0.5, 0.6) is 5.75 Å². The second kappa shape index (κ2) is 9.74. The zero-order chi connectivity index (χ0) is 19.1. The maximum atomic E-state index is 12.7. The number of benzene rings is 1. The fraction of sp³-hybridized carbons (Fsp3) is 0.619. The molecule has 0 N–H and O–H groups in total. The molecule has 0 unspecified atom stereocenters. The molecule has 0 bridgehead atoms. The predicted octanol–water partition coefficient (Wildman–Crippen LogP) is 2.58. The van der Waals surface area contributed by atoms with Crippen LogP contribution in [0, 0.1) is 5.92 Å². The van der Waals surface area contributed by atoms with Crippen LogP contribution in [0.4, 0.5) is 0 Å². The topological polar surface area (TPSA) is 59.1 Å². The summed E-state index contributed by atoms with van der Waals surface area (Å²) in [5.74, 6) is 1.16. The van der Waals surface area contributed by atoms with Crippen LogP contribution in [0.2, 0.25) is 0 Å². The van der Waals surface area contributed by atoms with Crippen molar-refractivity contribution in [3.8, 4) is 5.75 Å². The summed E-state index contributed by atoms with van der Waals surface area (Å²) in [6.07, 6.45) is 5.40. The van der Waals surface area contributed by atoms with Crippen LogP contribution in [-0.4, -0.2) is 68.1 Å². The van der Waals surface area contributed by atoms with E-state index >= 15 is 0 Å². The molecule has 2 saturated heterocycles. The van der Waals surface area contributed by atoms with Gasteiger partial charge in [-0.15, -0.1) is 0 Å². The Morgan fingerprint density at radius 2 is 1.85 bits per heavy atom. The van der Waals surface area contributed by atoms with E-state index in [0.717, 1.165) is 51.1 Å². The number of carbonyl (C=O) groups excluding carboxylic acids is 2. The molecule has 0 saturated carbocycles. The molecule has 2 aliphatic rings. The molecule has 0 aromatic heterocycles. The molecule has 1 aromatic carbocycles. The van der Waals surface area contributed by atoms with Crippen molar-refractivity contribution in [1.82, 2.24) is 9.80 Å². The van der Waals surface area contributed by atoms with E-state index < -0.39 is 0 Å². The van der Waals surface area contributed by atoms with Gasteiger partial charge >= 0.3 is 0 Å². The number of nitrogens with zero attached hydrogens (tertiary/aromatic N) is 2. The van der Waals surface area contributed by atoms with Crippen molar-refractivity contribution in [3.63, 3.8) is 0 Å². The number of amides is 2. The van der Waals surface area contributed by atoms with Gasteiger partial charge in [-0.05, 0) is 50.3 Å². The largest absolute Gasteiger partial charge is 0.493 e. The third-order valence-electron chi connectivity index (χ3n) is 5.35. The Morgan fingerprint density at radius 1 is 1.07 bits per heavy atom. The number of carbonyl (C=O) groups is 2. The predicted molar refractivity (Wildman–Crippen MR) is 103 cm³/mol. The third-order valence-corrected chi connectivity index (χ3v) is 5.35. The lowest BCUT2D eigenvalue weighted by molar-refractivity contribution is -0.137. The van der Waals surface area contributed by atoms with Crippen LogP contribution < -0.4 is 4.74 Å². The highest BCUT2D eigenvalue weighted by atomic mass is 16.5. The highest BCUT2D eigenvalue weighted by Gasteiger charge is 2.24. The summed E-state index contributed by atoms with van der Waals surface area (Å²) in [5.41, 5.74) is 0.690. The molecule has 0 radical (unpaired) electrons. The summed E-state index contributed by atoms with van der Waals surface area (Å²) < 4.78 is 10.9. The van der Waals surface area contributed by atoms with Crippen molar-refractivity contribution in [2.24, 2.45) is 5.92 Å². The van der Waals surface area contributed by atoms with Crippen molar-refractivity contribution < 1.29 is 19.1 Å². The van der Waals surface area contributed by atoms with Crippen molar-refractivity contribution in [2.75, 3.05) is 46.5 Å². The molecular weight excluding hydrogens is 344 g/mol. The Labute approximate surface area is 161 Å². The zero-order valence-corrected chi connectivity index (χ0v) is 16.2. The highest BCUT2D eigenvalue weighted by molar-refractivity contribution is 5.94. The first kappa shape index (κ1) is 19.7. The maximum absolute atomic E-state index is 12.7. The monoisotopic (exact) mass is 374 g/mol. The van der Waals surface area contributed by atoms with Crippen molar-refractivity contribution in [2.45, 2.75) is 32.1 Å². The first-order valence-corrected chi connectivity index (χ1v) is 9.96. The molecular formula is C21H30N2O4. The first-order chi connectivity index (χ1) is 13.2. The Kier molecular flexibility index (Phi) is 7.10. The Bertz CT molecular complexity index is 643. The fourth-order valence-corrected chi connectivity index (χ4v) is 3.85. The fourth-order valence-electron chi connectivity index (χ4n) is 3.85. The molecule has 2 amide bonds. The van der Waals surface area contributed by atoms with E-state index in [2.05, 4.69) is 0 Å². The van der Waals surface area contributed by atoms with E-state index in [1.54, 1.807) is 7.11 Å². The second-order valence-electron chi connectivity index (χ2n) is 7.47. The molecule has 1 atom stereocenters. The molecule has 0 spiro atoms. The van der Waals surface area contributed by atoms with Gasteiger partial charge in [0.05, 0.1) is 6.61 Å². The average Bonchev–Trinajstić information content (AvgIpc) is 2.73. The molecule has 6 nitrogen and oxygen atoms in total. The lowest BCUT2D eigenvalue weighted by atomic mass is 9.99. The minimum absolute atomic E-state index is 0.0383.